The Morgan fingerprint density at radius 3 is 2.21 bits per heavy atom. The molecule has 3 aromatic rings. The van der Waals surface area contributed by atoms with Gasteiger partial charge in [0.1, 0.15) is 0 Å². The predicted octanol–water partition coefficient (Wildman–Crippen LogP) is 4.19. The van der Waals surface area contributed by atoms with E-state index in [1.165, 1.54) is 11.1 Å². The molecule has 1 N–H and O–H groups in total. The van der Waals surface area contributed by atoms with Gasteiger partial charge in [0.05, 0.1) is 5.56 Å². The number of carboxylic acids is 1. The van der Waals surface area contributed by atoms with Gasteiger partial charge >= 0.3 is 5.97 Å². The first-order valence-electron chi connectivity index (χ1n) is 6.15. The molecule has 0 aromatic heterocycles. The van der Waals surface area contributed by atoms with E-state index in [9.17, 15) is 9.90 Å². The van der Waals surface area contributed by atoms with Gasteiger partial charge in [0.25, 0.3) is 0 Å². The predicted molar refractivity (Wildman–Crippen MR) is 75.3 cm³/mol. The number of aromatic carboxylic acids is 1. The van der Waals surface area contributed by atoms with Crippen LogP contribution in [0, 0.1) is 0 Å². The highest BCUT2D eigenvalue weighted by molar-refractivity contribution is 6.16. The summed E-state index contributed by atoms with van der Waals surface area (Å²) in [7, 11) is 0. The molecule has 0 fully saturated rings. The minimum absolute atomic E-state index is 0.344. The van der Waals surface area contributed by atoms with E-state index in [0.717, 1.165) is 21.9 Å². The summed E-state index contributed by atoms with van der Waals surface area (Å²) >= 11 is 0. The summed E-state index contributed by atoms with van der Waals surface area (Å²) < 4.78 is 0. The highest BCUT2D eigenvalue weighted by atomic mass is 16.4. The van der Waals surface area contributed by atoms with Crippen LogP contribution >= 0.6 is 0 Å². The molecular weight excluding hydrogens is 236 g/mol. The number of benzene rings is 3. The Balaban J connectivity index is 2.21. The highest BCUT2D eigenvalue weighted by Gasteiger charge is 2.22. The second kappa shape index (κ2) is 3.45. The summed E-state index contributed by atoms with van der Waals surface area (Å²) in [5, 5.41) is 11.4. The van der Waals surface area contributed by atoms with Crippen molar-refractivity contribution in [2.24, 2.45) is 0 Å². The van der Waals surface area contributed by atoms with E-state index in [1.807, 2.05) is 24.3 Å². The lowest BCUT2D eigenvalue weighted by Crippen LogP contribution is -1.96. The Morgan fingerprint density at radius 2 is 1.47 bits per heavy atom. The first-order valence-corrected chi connectivity index (χ1v) is 6.15. The monoisotopic (exact) mass is 246 g/mol. The Kier molecular flexibility index (Phi) is 1.88. The van der Waals surface area contributed by atoms with Crippen molar-refractivity contribution in [2.45, 2.75) is 0 Å². The fourth-order valence-corrected chi connectivity index (χ4v) is 2.94. The molecule has 0 saturated heterocycles. The summed E-state index contributed by atoms with van der Waals surface area (Å²) in [6.45, 7) is 0. The Bertz CT molecular complexity index is 847. The Labute approximate surface area is 109 Å². The van der Waals surface area contributed by atoms with E-state index in [2.05, 4.69) is 18.2 Å². The molecule has 1 aliphatic rings. The van der Waals surface area contributed by atoms with E-state index < -0.39 is 5.97 Å². The fraction of sp³-hybridized carbons (Fsp3) is 0. The summed E-state index contributed by atoms with van der Waals surface area (Å²) in [6, 6.07) is 17.7. The number of fused-ring (bicyclic) bond motifs is 3. The van der Waals surface area contributed by atoms with Crippen LogP contribution in [0.25, 0.3) is 33.0 Å². The van der Waals surface area contributed by atoms with Crippen molar-refractivity contribution >= 4 is 16.7 Å². The molecule has 0 spiro atoms. The maximum atomic E-state index is 11.2. The minimum Gasteiger partial charge on any atom is -0.478 e. The number of carbonyl (C=O) groups is 1. The van der Waals surface area contributed by atoms with Gasteiger partial charge in [-0.1, -0.05) is 42.5 Å². The zero-order chi connectivity index (χ0) is 13.0. The van der Waals surface area contributed by atoms with Crippen molar-refractivity contribution in [3.05, 3.63) is 60.2 Å². The van der Waals surface area contributed by atoms with Crippen LogP contribution in [0.5, 0.6) is 0 Å². The van der Waals surface area contributed by atoms with Crippen LogP contribution in [0.2, 0.25) is 0 Å². The quantitative estimate of drug-likeness (QED) is 0.547. The van der Waals surface area contributed by atoms with Crippen LogP contribution in [0.3, 0.4) is 0 Å². The Morgan fingerprint density at radius 1 is 0.789 bits per heavy atom. The molecule has 0 atom stereocenters. The molecule has 19 heavy (non-hydrogen) atoms. The first kappa shape index (κ1) is 10.3. The maximum absolute atomic E-state index is 11.2. The minimum atomic E-state index is -0.882. The van der Waals surface area contributed by atoms with Gasteiger partial charge < -0.3 is 5.11 Å². The van der Waals surface area contributed by atoms with Crippen LogP contribution in [-0.2, 0) is 0 Å². The van der Waals surface area contributed by atoms with Crippen LogP contribution in [0.1, 0.15) is 10.4 Å². The third-order valence-corrected chi connectivity index (χ3v) is 3.73. The molecule has 4 rings (SSSR count). The van der Waals surface area contributed by atoms with E-state index in [1.54, 1.807) is 12.1 Å². The lowest BCUT2D eigenvalue weighted by molar-refractivity contribution is 0.0697. The van der Waals surface area contributed by atoms with Crippen LogP contribution in [0.15, 0.2) is 54.6 Å². The Hall–Kier alpha value is -2.61. The lowest BCUT2D eigenvalue weighted by atomic mass is 10.00. The van der Waals surface area contributed by atoms with E-state index >= 15 is 0 Å². The molecule has 90 valence electrons. The molecule has 0 saturated carbocycles. The summed E-state index contributed by atoms with van der Waals surface area (Å²) in [5.41, 5.74) is 4.87. The second-order valence-corrected chi connectivity index (χ2v) is 4.78. The van der Waals surface area contributed by atoms with Crippen molar-refractivity contribution in [3.8, 4) is 22.3 Å². The zero-order valence-corrected chi connectivity index (χ0v) is 10.1. The highest BCUT2D eigenvalue weighted by Crippen LogP contribution is 2.47. The maximum Gasteiger partial charge on any atom is 0.335 e. The average molecular weight is 246 g/mol. The molecule has 1 aliphatic carbocycles. The van der Waals surface area contributed by atoms with Crippen molar-refractivity contribution in [1.29, 1.82) is 0 Å². The lowest BCUT2D eigenvalue weighted by Gasteiger charge is -2.04. The van der Waals surface area contributed by atoms with Gasteiger partial charge in [-0.15, -0.1) is 0 Å². The SMILES string of the molecule is O=C(O)c1cc2c3c(cccc3c1)-c1ccccc1-2. The number of hydrogen-bond donors (Lipinski definition) is 1. The molecule has 0 unspecified atom stereocenters. The molecule has 0 bridgehead atoms. The van der Waals surface area contributed by atoms with Crippen molar-refractivity contribution in [1.82, 2.24) is 0 Å². The number of carboxylic acid groups (broad SMARTS) is 1. The van der Waals surface area contributed by atoms with Crippen molar-refractivity contribution < 1.29 is 9.90 Å². The van der Waals surface area contributed by atoms with Gasteiger partial charge in [0.15, 0.2) is 0 Å². The average Bonchev–Trinajstić information content (AvgIpc) is 2.76. The van der Waals surface area contributed by atoms with Crippen molar-refractivity contribution in [2.75, 3.05) is 0 Å². The second-order valence-electron chi connectivity index (χ2n) is 4.78. The largest absolute Gasteiger partial charge is 0.478 e. The van der Waals surface area contributed by atoms with E-state index in [4.69, 9.17) is 0 Å². The molecule has 2 nitrogen and oxygen atoms in total. The molecule has 0 heterocycles. The zero-order valence-electron chi connectivity index (χ0n) is 10.1. The number of hydrogen-bond acceptors (Lipinski definition) is 1. The van der Waals surface area contributed by atoms with Gasteiger partial charge in [-0.05, 0) is 45.2 Å². The molecular formula is C17H10O2. The summed E-state index contributed by atoms with van der Waals surface area (Å²) in [5.74, 6) is -0.882. The van der Waals surface area contributed by atoms with Gasteiger partial charge in [-0.3, -0.25) is 0 Å². The van der Waals surface area contributed by atoms with Gasteiger partial charge in [-0.2, -0.15) is 0 Å². The molecule has 0 radical (unpaired) electrons. The van der Waals surface area contributed by atoms with E-state index in [-0.39, 0.29) is 0 Å². The molecule has 0 aliphatic heterocycles. The normalized spacial score (nSPS) is 11.6. The van der Waals surface area contributed by atoms with Crippen molar-refractivity contribution in [3.63, 3.8) is 0 Å². The number of rotatable bonds is 1. The first-order chi connectivity index (χ1) is 9.25. The fourth-order valence-electron chi connectivity index (χ4n) is 2.94. The standard InChI is InChI=1S/C17H10O2/c18-17(19)11-8-10-4-3-7-14-12-5-1-2-6-13(12)15(9-11)16(10)14/h1-9H,(H,18,19). The van der Waals surface area contributed by atoms with Crippen LogP contribution in [0.4, 0.5) is 0 Å². The molecule has 2 heteroatoms. The molecule has 0 amide bonds. The third kappa shape index (κ3) is 1.28. The topological polar surface area (TPSA) is 37.3 Å². The van der Waals surface area contributed by atoms with E-state index in [0.29, 0.717) is 5.56 Å². The molecule has 3 aromatic carbocycles. The smallest absolute Gasteiger partial charge is 0.335 e. The van der Waals surface area contributed by atoms with Crippen LogP contribution < -0.4 is 0 Å². The van der Waals surface area contributed by atoms with Gasteiger partial charge in [-0.25, -0.2) is 4.79 Å². The summed E-state index contributed by atoms with van der Waals surface area (Å²) in [6.07, 6.45) is 0. The summed E-state index contributed by atoms with van der Waals surface area (Å²) in [4.78, 5) is 11.2. The van der Waals surface area contributed by atoms with Gasteiger partial charge in [0.2, 0.25) is 0 Å². The third-order valence-electron chi connectivity index (χ3n) is 3.73. The van der Waals surface area contributed by atoms with Crippen LogP contribution in [-0.4, -0.2) is 11.1 Å². The van der Waals surface area contributed by atoms with Gasteiger partial charge in [0, 0.05) is 0 Å².